The number of allylic oxidation sites excluding steroid dienone is 1. The Balaban J connectivity index is 1.28. The second-order valence-corrected chi connectivity index (χ2v) is 11.3. The van der Waals surface area contributed by atoms with E-state index in [-0.39, 0.29) is 17.4 Å². The van der Waals surface area contributed by atoms with E-state index in [0.29, 0.717) is 27.8 Å². The van der Waals surface area contributed by atoms with Crippen molar-refractivity contribution in [3.05, 3.63) is 95.9 Å². The van der Waals surface area contributed by atoms with Gasteiger partial charge in [-0.25, -0.2) is 14.5 Å². The third-order valence-electron chi connectivity index (χ3n) is 7.03. The predicted octanol–water partition coefficient (Wildman–Crippen LogP) is 7.41. The molecule has 1 aliphatic rings. The van der Waals surface area contributed by atoms with Crippen molar-refractivity contribution in [3.63, 3.8) is 0 Å². The van der Waals surface area contributed by atoms with Gasteiger partial charge in [-0.15, -0.1) is 18.3 Å². The number of hydrogen-bond acceptors (Lipinski definition) is 6. The second-order valence-electron chi connectivity index (χ2n) is 10.2. The first kappa shape index (κ1) is 31.3. The number of amidine groups is 1. The maximum Gasteiger partial charge on any atom is 0.573 e. The number of amides is 2. The van der Waals surface area contributed by atoms with E-state index in [9.17, 15) is 23.2 Å². The zero-order chi connectivity index (χ0) is 32.1. The van der Waals surface area contributed by atoms with Gasteiger partial charge in [-0.2, -0.15) is 10.3 Å². The summed E-state index contributed by atoms with van der Waals surface area (Å²) in [5.41, 5.74) is 5.18. The number of aryl methyl sites for hydroxylation is 2. The van der Waals surface area contributed by atoms with E-state index < -0.39 is 12.4 Å². The lowest BCUT2D eigenvalue weighted by Gasteiger charge is -2.37. The van der Waals surface area contributed by atoms with Crippen LogP contribution in [0, 0.1) is 25.2 Å². The van der Waals surface area contributed by atoms with Gasteiger partial charge in [-0.05, 0) is 68.1 Å². The molecular formula is C32H28F3N7O2S. The van der Waals surface area contributed by atoms with Crippen LogP contribution in [-0.2, 0) is 0 Å². The Morgan fingerprint density at radius 2 is 1.80 bits per heavy atom. The summed E-state index contributed by atoms with van der Waals surface area (Å²) in [6.45, 7) is 6.20. The summed E-state index contributed by atoms with van der Waals surface area (Å²) in [5.74, 6) is 0.877. The smallest absolute Gasteiger partial charge is 0.406 e. The molecule has 0 radical (unpaired) electrons. The molecule has 0 aliphatic carbocycles. The van der Waals surface area contributed by atoms with Crippen LogP contribution in [0.4, 0.5) is 23.7 Å². The van der Waals surface area contributed by atoms with E-state index in [4.69, 9.17) is 0 Å². The quantitative estimate of drug-likeness (QED) is 0.221. The molecule has 5 rings (SSSR count). The number of nitrogens with zero attached hydrogens (tertiary/aromatic N) is 6. The van der Waals surface area contributed by atoms with Gasteiger partial charge in [0.25, 0.3) is 0 Å². The fraction of sp³-hybridized carbons (Fsp3) is 0.219. The lowest BCUT2D eigenvalue weighted by Crippen LogP contribution is -2.42. The molecule has 13 heteroatoms. The highest BCUT2D eigenvalue weighted by Gasteiger charge is 2.31. The fourth-order valence-corrected chi connectivity index (χ4v) is 6.05. The van der Waals surface area contributed by atoms with Crippen molar-refractivity contribution in [3.8, 4) is 28.9 Å². The van der Waals surface area contributed by atoms with Gasteiger partial charge in [0, 0.05) is 29.2 Å². The zero-order valence-electron chi connectivity index (χ0n) is 24.5. The molecule has 0 saturated carbocycles. The van der Waals surface area contributed by atoms with Crippen LogP contribution in [0.25, 0.3) is 22.6 Å². The van der Waals surface area contributed by atoms with Crippen LogP contribution in [0.2, 0.25) is 0 Å². The SMILES string of the molecule is Cc1cccc(C)c1N1/C(=N/C(=O)N/C=C(\C#N)c2ccc(-c3ncn(-c4ccc(OC(F)(F)F)cc4)n3)cc2)SCCC1C. The second kappa shape index (κ2) is 13.3. The highest BCUT2D eigenvalue weighted by molar-refractivity contribution is 8.14. The Morgan fingerprint density at radius 3 is 2.44 bits per heavy atom. The monoisotopic (exact) mass is 631 g/mol. The molecule has 1 N–H and O–H groups in total. The summed E-state index contributed by atoms with van der Waals surface area (Å²) in [6, 6.07) is 19.9. The maximum absolute atomic E-state index is 12.9. The number of rotatable bonds is 6. The summed E-state index contributed by atoms with van der Waals surface area (Å²) >= 11 is 1.52. The average molecular weight is 632 g/mol. The summed E-state index contributed by atoms with van der Waals surface area (Å²) in [6.07, 6.45) is -1.05. The summed E-state index contributed by atoms with van der Waals surface area (Å²) in [4.78, 5) is 23.6. The molecule has 1 aromatic heterocycles. The van der Waals surface area contributed by atoms with Gasteiger partial charge >= 0.3 is 12.4 Å². The van der Waals surface area contributed by atoms with Crippen molar-refractivity contribution in [1.82, 2.24) is 20.1 Å². The van der Waals surface area contributed by atoms with Gasteiger partial charge in [-0.3, -0.25) is 0 Å². The van der Waals surface area contributed by atoms with Crippen molar-refractivity contribution < 1.29 is 22.7 Å². The number of aromatic nitrogens is 3. The number of nitrogens with one attached hydrogen (secondary N) is 1. The summed E-state index contributed by atoms with van der Waals surface area (Å²) < 4.78 is 42.6. The maximum atomic E-state index is 12.9. The van der Waals surface area contributed by atoms with Crippen LogP contribution in [0.5, 0.6) is 5.75 Å². The third-order valence-corrected chi connectivity index (χ3v) is 8.02. The molecule has 0 spiro atoms. The molecule has 2 amide bonds. The number of benzene rings is 3. The standard InChI is InChI=1S/C32H28F3N7O2S/c1-20-5-4-6-21(2)28(20)42-22(3)15-16-45-31(42)39-30(43)37-18-25(17-36)23-7-9-24(10-8-23)29-38-19-41(40-29)26-11-13-27(14-12-26)44-32(33,34)35/h4-14,18-19,22H,15-16H2,1-3H3,(H,37,43)/b25-18+,39-31-. The Hall–Kier alpha value is -5.09. The van der Waals surface area contributed by atoms with Crippen LogP contribution in [-0.4, -0.2) is 44.1 Å². The zero-order valence-corrected chi connectivity index (χ0v) is 25.4. The number of nitriles is 1. The lowest BCUT2D eigenvalue weighted by atomic mass is 10.1. The van der Waals surface area contributed by atoms with E-state index in [1.165, 1.54) is 53.2 Å². The van der Waals surface area contributed by atoms with Gasteiger partial charge in [0.2, 0.25) is 0 Å². The highest BCUT2D eigenvalue weighted by Crippen LogP contribution is 2.34. The minimum Gasteiger partial charge on any atom is -0.406 e. The van der Waals surface area contributed by atoms with E-state index in [2.05, 4.69) is 43.0 Å². The number of alkyl halides is 3. The molecule has 4 aromatic rings. The minimum atomic E-state index is -4.77. The van der Waals surface area contributed by atoms with E-state index in [1.807, 2.05) is 32.0 Å². The largest absolute Gasteiger partial charge is 0.573 e. The number of anilines is 1. The number of carbonyl (C=O) groups is 1. The minimum absolute atomic E-state index is 0.167. The summed E-state index contributed by atoms with van der Waals surface area (Å²) in [5, 5.41) is 17.4. The molecule has 2 heterocycles. The molecule has 45 heavy (non-hydrogen) atoms. The molecule has 1 saturated heterocycles. The van der Waals surface area contributed by atoms with E-state index in [0.717, 1.165) is 29.0 Å². The fourth-order valence-electron chi connectivity index (χ4n) is 4.85. The molecule has 0 bridgehead atoms. The molecule has 1 aliphatic heterocycles. The third kappa shape index (κ3) is 7.53. The van der Waals surface area contributed by atoms with Crippen LogP contribution in [0.1, 0.15) is 30.0 Å². The molecule has 1 unspecified atom stereocenters. The molecule has 1 fully saturated rings. The molecule has 9 nitrogen and oxygen atoms in total. The normalized spacial score (nSPS) is 16.4. The number of thioether (sulfide) groups is 1. The number of ether oxygens (including phenoxy) is 1. The Morgan fingerprint density at radius 1 is 1.11 bits per heavy atom. The first-order valence-corrected chi connectivity index (χ1v) is 14.9. The van der Waals surface area contributed by atoms with Gasteiger partial charge in [0.15, 0.2) is 11.0 Å². The van der Waals surface area contributed by atoms with Crippen molar-refractivity contribution in [2.24, 2.45) is 4.99 Å². The highest BCUT2D eigenvalue weighted by atomic mass is 32.2. The van der Waals surface area contributed by atoms with Crippen molar-refractivity contribution in [2.75, 3.05) is 10.7 Å². The number of aliphatic imine (C=N–C) groups is 1. The van der Waals surface area contributed by atoms with Crippen molar-refractivity contribution >= 4 is 34.2 Å². The average Bonchev–Trinajstić information content (AvgIpc) is 3.49. The van der Waals surface area contributed by atoms with E-state index >= 15 is 0 Å². The Labute approximate surface area is 262 Å². The van der Waals surface area contributed by atoms with Crippen molar-refractivity contribution in [2.45, 2.75) is 39.6 Å². The molecular weight excluding hydrogens is 603 g/mol. The van der Waals surface area contributed by atoms with Crippen LogP contribution < -0.4 is 15.0 Å². The molecule has 230 valence electrons. The lowest BCUT2D eigenvalue weighted by molar-refractivity contribution is -0.274. The molecule has 3 aromatic carbocycles. The predicted molar refractivity (Wildman–Crippen MR) is 168 cm³/mol. The number of halogens is 3. The topological polar surface area (TPSA) is 108 Å². The van der Waals surface area contributed by atoms with Gasteiger partial charge in [0.05, 0.1) is 11.3 Å². The number of hydrogen-bond donors (Lipinski definition) is 1. The van der Waals surface area contributed by atoms with Gasteiger partial charge < -0.3 is 15.0 Å². The summed E-state index contributed by atoms with van der Waals surface area (Å²) in [7, 11) is 0. The number of carbonyl (C=O) groups excluding carboxylic acids is 1. The number of para-hydroxylation sites is 1. The van der Waals surface area contributed by atoms with Crippen LogP contribution >= 0.6 is 11.8 Å². The van der Waals surface area contributed by atoms with Gasteiger partial charge in [-0.1, -0.05) is 54.2 Å². The molecule has 1 atom stereocenters. The van der Waals surface area contributed by atoms with Crippen LogP contribution in [0.15, 0.2) is 84.2 Å². The van der Waals surface area contributed by atoms with E-state index in [1.54, 1.807) is 24.3 Å². The Bertz CT molecular complexity index is 1770. The number of urea groups is 1. The van der Waals surface area contributed by atoms with Crippen molar-refractivity contribution in [1.29, 1.82) is 5.26 Å². The van der Waals surface area contributed by atoms with Gasteiger partial charge in [0.1, 0.15) is 18.1 Å². The first-order chi connectivity index (χ1) is 21.5. The van der Waals surface area contributed by atoms with Crippen LogP contribution in [0.3, 0.4) is 0 Å². The first-order valence-electron chi connectivity index (χ1n) is 13.9. The Kier molecular flexibility index (Phi) is 9.24.